The van der Waals surface area contributed by atoms with Gasteiger partial charge in [-0.3, -0.25) is 9.59 Å². The summed E-state index contributed by atoms with van der Waals surface area (Å²) in [5.74, 6) is -0.304. The predicted octanol–water partition coefficient (Wildman–Crippen LogP) is 1.30. The van der Waals surface area contributed by atoms with E-state index in [0.29, 0.717) is 37.9 Å². The smallest absolute Gasteiger partial charge is 0.254 e. The molecule has 2 amide bonds. The number of aromatic amines is 1. The Balaban J connectivity index is 1.77. The maximum atomic E-state index is 13.1. The number of aryl methyl sites for hydroxylation is 1. The summed E-state index contributed by atoms with van der Waals surface area (Å²) in [5.41, 5.74) is 1.62. The molecule has 2 aromatic rings. The van der Waals surface area contributed by atoms with Crippen LogP contribution in [-0.2, 0) is 17.6 Å². The van der Waals surface area contributed by atoms with Crippen molar-refractivity contribution in [2.24, 2.45) is 0 Å². The summed E-state index contributed by atoms with van der Waals surface area (Å²) in [7, 11) is 0. The highest BCUT2D eigenvalue weighted by Crippen LogP contribution is 2.18. The molecule has 0 radical (unpaired) electrons. The predicted molar refractivity (Wildman–Crippen MR) is 101 cm³/mol. The Kier molecular flexibility index (Phi) is 5.60. The highest BCUT2D eigenvalue weighted by atomic mass is 16.3. The summed E-state index contributed by atoms with van der Waals surface area (Å²) in [6, 6.07) is 6.87. The van der Waals surface area contributed by atoms with Crippen molar-refractivity contribution in [3.63, 3.8) is 0 Å². The van der Waals surface area contributed by atoms with Crippen molar-refractivity contribution in [1.82, 2.24) is 20.2 Å². The van der Waals surface area contributed by atoms with Gasteiger partial charge in [-0.15, -0.1) is 0 Å². The highest BCUT2D eigenvalue weighted by molar-refractivity contribution is 5.98. The molecule has 144 valence electrons. The molecule has 2 heterocycles. The van der Waals surface area contributed by atoms with Crippen molar-refractivity contribution in [3.05, 3.63) is 53.6 Å². The van der Waals surface area contributed by atoms with Crippen molar-refractivity contribution < 1.29 is 14.7 Å². The number of carbonyl (C=O) groups excluding carboxylic acids is 2. The van der Waals surface area contributed by atoms with Crippen molar-refractivity contribution in [3.8, 4) is 0 Å². The van der Waals surface area contributed by atoms with Crippen molar-refractivity contribution in [2.75, 3.05) is 13.1 Å². The number of hydrogen-bond acceptors (Lipinski definition) is 4. The summed E-state index contributed by atoms with van der Waals surface area (Å²) >= 11 is 0. The van der Waals surface area contributed by atoms with Gasteiger partial charge in [0.25, 0.3) is 5.91 Å². The van der Waals surface area contributed by atoms with Gasteiger partial charge in [0.15, 0.2) is 0 Å². The fourth-order valence-corrected chi connectivity index (χ4v) is 3.24. The second-order valence-electron chi connectivity index (χ2n) is 7.60. The topological polar surface area (TPSA) is 98.3 Å². The number of nitrogens with one attached hydrogen (secondary N) is 2. The van der Waals surface area contributed by atoms with E-state index in [1.807, 2.05) is 18.2 Å². The van der Waals surface area contributed by atoms with Gasteiger partial charge < -0.3 is 20.3 Å². The number of imidazole rings is 1. The zero-order valence-corrected chi connectivity index (χ0v) is 15.7. The molecule has 1 aromatic carbocycles. The first-order valence-electron chi connectivity index (χ1n) is 9.21. The molecule has 1 aliphatic heterocycles. The van der Waals surface area contributed by atoms with Crippen LogP contribution in [0.1, 0.15) is 41.9 Å². The van der Waals surface area contributed by atoms with Crippen molar-refractivity contribution in [1.29, 1.82) is 0 Å². The Morgan fingerprint density at radius 3 is 2.93 bits per heavy atom. The molecule has 1 aliphatic rings. The van der Waals surface area contributed by atoms with Gasteiger partial charge in [-0.25, -0.2) is 4.98 Å². The molecule has 7 heteroatoms. The molecule has 27 heavy (non-hydrogen) atoms. The van der Waals surface area contributed by atoms with Crippen LogP contribution in [-0.4, -0.2) is 56.5 Å². The Labute approximate surface area is 158 Å². The van der Waals surface area contributed by atoms with E-state index >= 15 is 0 Å². The summed E-state index contributed by atoms with van der Waals surface area (Å²) < 4.78 is 0. The van der Waals surface area contributed by atoms with E-state index in [1.165, 1.54) is 0 Å². The number of nitrogens with zero attached hydrogens (tertiary/aromatic N) is 2. The van der Waals surface area contributed by atoms with Crippen LogP contribution in [0.25, 0.3) is 0 Å². The molecular formula is C20H26N4O3. The summed E-state index contributed by atoms with van der Waals surface area (Å²) in [5, 5.41) is 12.8. The fraction of sp³-hybridized carbons (Fsp3) is 0.450. The van der Waals surface area contributed by atoms with Gasteiger partial charge in [0.1, 0.15) is 6.04 Å². The Morgan fingerprint density at radius 1 is 1.41 bits per heavy atom. The van der Waals surface area contributed by atoms with Gasteiger partial charge in [0.05, 0.1) is 11.9 Å². The number of aromatic nitrogens is 2. The largest absolute Gasteiger partial charge is 0.390 e. The van der Waals surface area contributed by atoms with Crippen LogP contribution in [0.5, 0.6) is 0 Å². The van der Waals surface area contributed by atoms with Gasteiger partial charge in [0.2, 0.25) is 5.91 Å². The molecule has 3 rings (SSSR count). The van der Waals surface area contributed by atoms with Gasteiger partial charge in [0, 0.05) is 37.0 Å². The fourth-order valence-electron chi connectivity index (χ4n) is 3.24. The van der Waals surface area contributed by atoms with E-state index in [-0.39, 0.29) is 11.8 Å². The van der Waals surface area contributed by atoms with E-state index in [4.69, 9.17) is 0 Å². The molecule has 1 atom stereocenters. The van der Waals surface area contributed by atoms with Crippen LogP contribution in [0.2, 0.25) is 0 Å². The number of aliphatic hydroxyl groups is 1. The quantitative estimate of drug-likeness (QED) is 0.714. The minimum absolute atomic E-state index is 0.151. The molecule has 0 aliphatic carbocycles. The first-order valence-corrected chi connectivity index (χ1v) is 9.21. The maximum absolute atomic E-state index is 13.1. The van der Waals surface area contributed by atoms with Crippen LogP contribution < -0.4 is 5.32 Å². The number of carbonyl (C=O) groups is 2. The average molecular weight is 370 g/mol. The van der Waals surface area contributed by atoms with E-state index < -0.39 is 11.6 Å². The Hall–Kier alpha value is -2.67. The van der Waals surface area contributed by atoms with Gasteiger partial charge >= 0.3 is 0 Å². The van der Waals surface area contributed by atoms with Crippen LogP contribution in [0.4, 0.5) is 0 Å². The molecule has 0 bridgehead atoms. The molecule has 0 unspecified atom stereocenters. The number of piperazine rings is 1. The molecule has 7 nitrogen and oxygen atoms in total. The number of benzene rings is 1. The van der Waals surface area contributed by atoms with Gasteiger partial charge in [-0.1, -0.05) is 12.1 Å². The zero-order valence-electron chi connectivity index (χ0n) is 15.7. The summed E-state index contributed by atoms with van der Waals surface area (Å²) in [6.45, 7) is 4.46. The molecular weight excluding hydrogens is 344 g/mol. The molecule has 1 aromatic heterocycles. The third-order valence-corrected chi connectivity index (χ3v) is 4.76. The second kappa shape index (κ2) is 7.92. The third kappa shape index (κ3) is 4.95. The number of rotatable bonds is 6. The molecule has 1 saturated heterocycles. The van der Waals surface area contributed by atoms with E-state index in [9.17, 15) is 14.7 Å². The lowest BCUT2D eigenvalue weighted by molar-refractivity contribution is -0.127. The van der Waals surface area contributed by atoms with Crippen LogP contribution in [0, 0.1) is 0 Å². The van der Waals surface area contributed by atoms with Gasteiger partial charge in [-0.05, 0) is 44.4 Å². The van der Waals surface area contributed by atoms with Crippen LogP contribution in [0.15, 0.2) is 36.8 Å². The average Bonchev–Trinajstić information content (AvgIpc) is 3.14. The van der Waals surface area contributed by atoms with Crippen LogP contribution >= 0.6 is 0 Å². The lowest BCUT2D eigenvalue weighted by Crippen LogP contribution is -2.58. The lowest BCUT2D eigenvalue weighted by atomic mass is 9.97. The molecule has 0 spiro atoms. The second-order valence-corrected chi connectivity index (χ2v) is 7.60. The van der Waals surface area contributed by atoms with Crippen molar-refractivity contribution in [2.45, 2.75) is 44.8 Å². The standard InChI is InChI=1S/C20H26N4O3/c1-20(2,27)7-6-14-4-3-5-15(10-14)19(26)24-9-8-22-18(25)17(24)11-16-12-21-13-23-16/h3-5,10,12-13,17,27H,6-9,11H2,1-2H3,(H,21,23)(H,22,25)/t17-/m0/s1. The number of hydrogen-bond donors (Lipinski definition) is 3. The Bertz CT molecular complexity index is 796. The van der Waals surface area contributed by atoms with E-state index in [0.717, 1.165) is 11.3 Å². The van der Waals surface area contributed by atoms with E-state index in [2.05, 4.69) is 15.3 Å². The monoisotopic (exact) mass is 370 g/mol. The highest BCUT2D eigenvalue weighted by Gasteiger charge is 2.34. The SMILES string of the molecule is CC(C)(O)CCc1cccc(C(=O)N2CCNC(=O)[C@@H]2Cc2cnc[nH]2)c1. The first kappa shape index (κ1) is 19.1. The van der Waals surface area contributed by atoms with E-state index in [1.54, 1.807) is 37.3 Å². The lowest BCUT2D eigenvalue weighted by Gasteiger charge is -2.35. The minimum Gasteiger partial charge on any atom is -0.390 e. The van der Waals surface area contributed by atoms with Crippen molar-refractivity contribution >= 4 is 11.8 Å². The molecule has 1 fully saturated rings. The normalized spacial score (nSPS) is 17.7. The first-order chi connectivity index (χ1) is 12.8. The van der Waals surface area contributed by atoms with Gasteiger partial charge in [-0.2, -0.15) is 0 Å². The zero-order chi connectivity index (χ0) is 19.4. The number of amides is 2. The Morgan fingerprint density at radius 2 is 2.22 bits per heavy atom. The third-order valence-electron chi connectivity index (χ3n) is 4.76. The van der Waals surface area contributed by atoms with Crippen LogP contribution in [0.3, 0.4) is 0 Å². The molecule has 3 N–H and O–H groups in total. The molecule has 0 saturated carbocycles. The number of H-pyrrole nitrogens is 1. The maximum Gasteiger partial charge on any atom is 0.254 e. The summed E-state index contributed by atoms with van der Waals surface area (Å²) in [4.78, 5) is 34.1. The summed E-state index contributed by atoms with van der Waals surface area (Å²) in [6.07, 6.45) is 4.92. The minimum atomic E-state index is -0.750.